The topological polar surface area (TPSA) is 140 Å². The first-order chi connectivity index (χ1) is 24.6. The third kappa shape index (κ3) is 9.88. The number of piperazine rings is 3. The van der Waals surface area contributed by atoms with Crippen molar-refractivity contribution in [3.05, 3.63) is 70.3 Å². The molecule has 2 aromatic rings. The molecule has 4 N–H and O–H groups in total. The molecule has 12 nitrogen and oxygen atoms in total. The molecule has 4 aliphatic rings. The highest BCUT2D eigenvalue weighted by Gasteiger charge is 2.30. The Hall–Kier alpha value is -3.97. The highest BCUT2D eigenvalue weighted by atomic mass is 35.5. The lowest BCUT2D eigenvalue weighted by molar-refractivity contribution is -0.142. The maximum atomic E-state index is 13.1. The van der Waals surface area contributed by atoms with Gasteiger partial charge in [-0.3, -0.25) is 33.9 Å². The summed E-state index contributed by atoms with van der Waals surface area (Å²) in [5, 5.41) is 0.747. The van der Waals surface area contributed by atoms with Crippen LogP contribution in [0.5, 0.6) is 0 Å². The van der Waals surface area contributed by atoms with Gasteiger partial charge in [-0.05, 0) is 72.7 Å². The minimum Gasteiger partial charge on any atom is -0.369 e. The Morgan fingerprint density at radius 3 is 1.82 bits per heavy atom. The van der Waals surface area contributed by atoms with Crippen molar-refractivity contribution >= 4 is 46.5 Å². The second-order valence-electron chi connectivity index (χ2n) is 14.4. The normalized spacial score (nSPS) is 21.2. The van der Waals surface area contributed by atoms with Gasteiger partial charge in [0.1, 0.15) is 6.42 Å². The van der Waals surface area contributed by atoms with E-state index in [1.807, 2.05) is 34.1 Å². The highest BCUT2D eigenvalue weighted by molar-refractivity contribution is 6.30. The van der Waals surface area contributed by atoms with Gasteiger partial charge in [0.2, 0.25) is 23.6 Å². The molecule has 0 bridgehead atoms. The van der Waals surface area contributed by atoms with E-state index in [-0.39, 0.29) is 30.7 Å². The maximum Gasteiger partial charge on any atom is 0.248 e. The van der Waals surface area contributed by atoms with Crippen molar-refractivity contribution in [3.8, 4) is 0 Å². The lowest BCUT2D eigenvalue weighted by Crippen LogP contribution is -2.53. The number of allylic oxidation sites excluding steroid dienone is 1. The van der Waals surface area contributed by atoms with Crippen molar-refractivity contribution in [1.82, 2.24) is 24.5 Å². The van der Waals surface area contributed by atoms with E-state index in [9.17, 15) is 19.2 Å². The number of hydrogen-bond acceptors (Lipinski definition) is 8. The zero-order valence-electron chi connectivity index (χ0n) is 29.5. The summed E-state index contributed by atoms with van der Waals surface area (Å²) >= 11 is 6.26. The van der Waals surface area contributed by atoms with E-state index < -0.39 is 5.91 Å². The number of carbonyl (C=O) groups excluding carboxylic acids is 4. The van der Waals surface area contributed by atoms with Gasteiger partial charge < -0.3 is 26.2 Å². The average Bonchev–Trinajstić information content (AvgIpc) is 3.13. The van der Waals surface area contributed by atoms with Crippen LogP contribution in [0.2, 0.25) is 5.02 Å². The summed E-state index contributed by atoms with van der Waals surface area (Å²) in [5.74, 6) is -0.477. The third-order valence-electron chi connectivity index (χ3n) is 10.9. The van der Waals surface area contributed by atoms with E-state index in [1.165, 1.54) is 16.7 Å². The van der Waals surface area contributed by atoms with Gasteiger partial charge in [-0.1, -0.05) is 29.3 Å². The minimum absolute atomic E-state index is 0.0996. The second kappa shape index (κ2) is 17.0. The van der Waals surface area contributed by atoms with Crippen LogP contribution in [0.25, 0.3) is 5.57 Å². The number of nitrogens with two attached hydrogens (primary N) is 2. The molecule has 13 heteroatoms. The van der Waals surface area contributed by atoms with E-state index in [4.69, 9.17) is 23.1 Å². The number of hydrogen-bond donors (Lipinski definition) is 2. The van der Waals surface area contributed by atoms with Crippen LogP contribution in [0.15, 0.2) is 54.1 Å². The Balaban J connectivity index is 0.996. The summed E-state index contributed by atoms with van der Waals surface area (Å²) in [6.45, 7) is 11.0. The SMILES string of the molecule is NC(=O)CN1CCN(C(=O)CC(=O)N2CCN(CC3CCC(c4ccc(Cl)cc4)=C(CN4CCN(c5ccc(C(N)=O)cc5)CC4)C3)CC2)CC1. The van der Waals surface area contributed by atoms with Crippen molar-refractivity contribution in [2.75, 3.05) is 103 Å². The largest absolute Gasteiger partial charge is 0.369 e. The van der Waals surface area contributed by atoms with Gasteiger partial charge in [0.15, 0.2) is 0 Å². The lowest BCUT2D eigenvalue weighted by atomic mass is 9.80. The number of nitrogens with zero attached hydrogens (tertiary/aromatic N) is 6. The Morgan fingerprint density at radius 1 is 0.686 bits per heavy atom. The summed E-state index contributed by atoms with van der Waals surface area (Å²) in [6.07, 6.45) is 3.10. The van der Waals surface area contributed by atoms with Gasteiger partial charge in [0.05, 0.1) is 6.54 Å². The van der Waals surface area contributed by atoms with Gasteiger partial charge in [0, 0.05) is 108 Å². The number of primary amides is 2. The van der Waals surface area contributed by atoms with Crippen LogP contribution >= 0.6 is 11.6 Å². The molecule has 4 amide bonds. The molecule has 51 heavy (non-hydrogen) atoms. The molecule has 3 fully saturated rings. The van der Waals surface area contributed by atoms with Crippen molar-refractivity contribution < 1.29 is 19.2 Å². The number of carbonyl (C=O) groups is 4. The van der Waals surface area contributed by atoms with E-state index in [0.29, 0.717) is 50.7 Å². The summed E-state index contributed by atoms with van der Waals surface area (Å²) in [7, 11) is 0. The molecular weight excluding hydrogens is 668 g/mol. The first kappa shape index (κ1) is 36.8. The summed E-state index contributed by atoms with van der Waals surface area (Å²) < 4.78 is 0. The van der Waals surface area contributed by atoms with Gasteiger partial charge in [-0.15, -0.1) is 0 Å². The van der Waals surface area contributed by atoms with Gasteiger partial charge >= 0.3 is 0 Å². The smallest absolute Gasteiger partial charge is 0.248 e. The molecule has 0 aromatic heterocycles. The van der Waals surface area contributed by atoms with Crippen LogP contribution in [-0.2, 0) is 14.4 Å². The predicted molar refractivity (Wildman–Crippen MR) is 199 cm³/mol. The number of anilines is 1. The second-order valence-corrected chi connectivity index (χ2v) is 14.8. The Kier molecular flexibility index (Phi) is 12.3. The number of benzene rings is 2. The standard InChI is InChI=1S/C38H51ClN8O4/c39-32-6-2-29(3-7-32)34-10-1-28(23-31(34)26-43-11-17-45(18-12-43)33-8-4-30(5-9-33)38(41)51)25-42-13-19-46(20-14-42)36(49)24-37(50)47-21-15-44(16-22-47)27-35(40)48/h2-9,28H,1,10-27H2,(H2,40,48)(H2,41,51). The van der Waals surface area contributed by atoms with Crippen LogP contribution in [0.4, 0.5) is 5.69 Å². The van der Waals surface area contributed by atoms with E-state index in [0.717, 1.165) is 82.3 Å². The van der Waals surface area contributed by atoms with Crippen molar-refractivity contribution in [1.29, 1.82) is 0 Å². The molecular formula is C38H51ClN8O4. The predicted octanol–water partition coefficient (Wildman–Crippen LogP) is 1.98. The van der Waals surface area contributed by atoms with E-state index in [2.05, 4.69) is 26.8 Å². The molecule has 6 rings (SSSR count). The third-order valence-corrected chi connectivity index (χ3v) is 11.2. The molecule has 274 valence electrons. The number of rotatable bonds is 11. The fourth-order valence-corrected chi connectivity index (χ4v) is 8.08. The van der Waals surface area contributed by atoms with Crippen molar-refractivity contribution in [2.24, 2.45) is 17.4 Å². The van der Waals surface area contributed by atoms with Crippen LogP contribution in [0.1, 0.15) is 41.6 Å². The van der Waals surface area contributed by atoms with Crippen molar-refractivity contribution in [2.45, 2.75) is 25.7 Å². The fraction of sp³-hybridized carbons (Fsp3) is 0.526. The first-order valence-electron chi connectivity index (χ1n) is 18.2. The number of halogens is 1. The monoisotopic (exact) mass is 718 g/mol. The minimum atomic E-state index is -0.408. The molecule has 0 spiro atoms. The summed E-state index contributed by atoms with van der Waals surface area (Å²) in [6, 6.07) is 15.8. The van der Waals surface area contributed by atoms with Crippen LogP contribution in [0, 0.1) is 5.92 Å². The van der Waals surface area contributed by atoms with Crippen LogP contribution in [0.3, 0.4) is 0 Å². The molecule has 3 heterocycles. The Labute approximate surface area is 305 Å². The molecule has 3 saturated heterocycles. The number of amides is 4. The molecule has 2 aromatic carbocycles. The zero-order chi connectivity index (χ0) is 35.9. The summed E-state index contributed by atoms with van der Waals surface area (Å²) in [4.78, 5) is 61.6. The van der Waals surface area contributed by atoms with Gasteiger partial charge in [0.25, 0.3) is 0 Å². The molecule has 1 atom stereocenters. The van der Waals surface area contributed by atoms with E-state index >= 15 is 0 Å². The molecule has 1 unspecified atom stereocenters. The summed E-state index contributed by atoms with van der Waals surface area (Å²) in [5.41, 5.74) is 16.6. The Morgan fingerprint density at radius 2 is 1.25 bits per heavy atom. The van der Waals surface area contributed by atoms with Gasteiger partial charge in [-0.2, -0.15) is 0 Å². The fourth-order valence-electron chi connectivity index (χ4n) is 7.96. The molecule has 3 aliphatic heterocycles. The first-order valence-corrected chi connectivity index (χ1v) is 18.6. The highest BCUT2D eigenvalue weighted by Crippen LogP contribution is 2.37. The van der Waals surface area contributed by atoms with Gasteiger partial charge in [-0.25, -0.2) is 0 Å². The molecule has 0 radical (unpaired) electrons. The Bertz CT molecular complexity index is 1580. The molecule has 0 saturated carbocycles. The van der Waals surface area contributed by atoms with Crippen LogP contribution in [-0.4, -0.2) is 146 Å². The lowest BCUT2D eigenvalue weighted by Gasteiger charge is -2.40. The average molecular weight is 719 g/mol. The van der Waals surface area contributed by atoms with E-state index in [1.54, 1.807) is 17.0 Å². The zero-order valence-corrected chi connectivity index (χ0v) is 30.2. The van der Waals surface area contributed by atoms with Crippen molar-refractivity contribution in [3.63, 3.8) is 0 Å². The quantitative estimate of drug-likeness (QED) is 0.337. The molecule has 1 aliphatic carbocycles. The van der Waals surface area contributed by atoms with Crippen LogP contribution < -0.4 is 16.4 Å². The maximum absolute atomic E-state index is 13.1.